The summed E-state index contributed by atoms with van der Waals surface area (Å²) in [4.78, 5) is 10.5. The first-order valence-electron chi connectivity index (χ1n) is 4.33. The van der Waals surface area contributed by atoms with E-state index in [2.05, 4.69) is 0 Å². The van der Waals surface area contributed by atoms with Crippen LogP contribution in [0.4, 0.5) is 0 Å². The minimum atomic E-state index is -0.106. The van der Waals surface area contributed by atoms with Crippen LogP contribution in [0.5, 0.6) is 0 Å². The van der Waals surface area contributed by atoms with Gasteiger partial charge in [0, 0.05) is 13.5 Å². The smallest absolute Gasteiger partial charge is 0.146 e. The van der Waals surface area contributed by atoms with Crippen molar-refractivity contribution in [2.45, 2.75) is 19.4 Å². The van der Waals surface area contributed by atoms with Gasteiger partial charge in [0.05, 0.1) is 6.61 Å². The van der Waals surface area contributed by atoms with Crippen molar-refractivity contribution in [2.24, 2.45) is 0 Å². The third-order valence-corrected chi connectivity index (χ3v) is 1.95. The molecule has 0 aromatic heterocycles. The molecule has 1 aliphatic rings. The molecule has 0 aromatic rings. The van der Waals surface area contributed by atoms with E-state index < -0.39 is 0 Å². The summed E-state index contributed by atoms with van der Waals surface area (Å²) < 4.78 is 10.6. The standard InChI is InChI=1S/C10H14O3/c1-3-13-9-5-4-8(7-11)6-10(9)12-2/h4-5,7,10H,3,6H2,1-2H3. The lowest BCUT2D eigenvalue weighted by atomic mass is 10.0. The molecule has 0 aliphatic heterocycles. The molecular formula is C10H14O3. The molecule has 0 aromatic carbocycles. The summed E-state index contributed by atoms with van der Waals surface area (Å²) >= 11 is 0. The molecule has 1 rings (SSSR count). The molecule has 1 atom stereocenters. The summed E-state index contributed by atoms with van der Waals surface area (Å²) in [5, 5.41) is 0. The third-order valence-electron chi connectivity index (χ3n) is 1.95. The average molecular weight is 182 g/mol. The van der Waals surface area contributed by atoms with Crippen LogP contribution in [0.3, 0.4) is 0 Å². The summed E-state index contributed by atoms with van der Waals surface area (Å²) in [5.41, 5.74) is 0.746. The van der Waals surface area contributed by atoms with Gasteiger partial charge in [-0.1, -0.05) is 6.08 Å². The predicted molar refractivity (Wildman–Crippen MR) is 49.3 cm³/mol. The van der Waals surface area contributed by atoms with Crippen LogP contribution in [-0.2, 0) is 14.3 Å². The van der Waals surface area contributed by atoms with E-state index in [1.54, 1.807) is 19.3 Å². The van der Waals surface area contributed by atoms with Gasteiger partial charge >= 0.3 is 0 Å². The summed E-state index contributed by atoms with van der Waals surface area (Å²) in [7, 11) is 1.62. The highest BCUT2D eigenvalue weighted by atomic mass is 16.5. The van der Waals surface area contributed by atoms with Gasteiger partial charge in [-0.2, -0.15) is 0 Å². The zero-order valence-electron chi connectivity index (χ0n) is 7.95. The number of methoxy groups -OCH3 is 1. The summed E-state index contributed by atoms with van der Waals surface area (Å²) in [5.74, 6) is 0.801. The second-order valence-corrected chi connectivity index (χ2v) is 2.79. The molecule has 0 saturated carbocycles. The molecule has 0 radical (unpaired) electrons. The number of rotatable bonds is 4. The third kappa shape index (κ3) is 2.42. The first kappa shape index (κ1) is 9.99. The lowest BCUT2D eigenvalue weighted by molar-refractivity contribution is -0.105. The molecular weight excluding hydrogens is 168 g/mol. The Kier molecular flexibility index (Phi) is 3.71. The Hall–Kier alpha value is -1.09. The highest BCUT2D eigenvalue weighted by Crippen LogP contribution is 2.20. The molecule has 0 saturated heterocycles. The van der Waals surface area contributed by atoms with Crippen molar-refractivity contribution in [2.75, 3.05) is 13.7 Å². The Morgan fingerprint density at radius 3 is 2.92 bits per heavy atom. The van der Waals surface area contributed by atoms with Crippen LogP contribution < -0.4 is 0 Å². The van der Waals surface area contributed by atoms with Gasteiger partial charge in [0.15, 0.2) is 0 Å². The van der Waals surface area contributed by atoms with Gasteiger partial charge in [-0.15, -0.1) is 0 Å². The second kappa shape index (κ2) is 4.82. The number of allylic oxidation sites excluding steroid dienone is 2. The molecule has 0 N–H and O–H groups in total. The Labute approximate surface area is 78.0 Å². The number of carbonyl (C=O) groups excluding carboxylic acids is 1. The van der Waals surface area contributed by atoms with Crippen LogP contribution in [0.1, 0.15) is 13.3 Å². The first-order chi connectivity index (χ1) is 6.31. The van der Waals surface area contributed by atoms with E-state index in [1.807, 2.05) is 6.92 Å². The lowest BCUT2D eigenvalue weighted by Crippen LogP contribution is -2.19. The Morgan fingerprint density at radius 2 is 2.38 bits per heavy atom. The second-order valence-electron chi connectivity index (χ2n) is 2.79. The van der Waals surface area contributed by atoms with Crippen molar-refractivity contribution in [3.8, 4) is 0 Å². The maximum absolute atomic E-state index is 10.5. The molecule has 0 heterocycles. The maximum Gasteiger partial charge on any atom is 0.146 e. The molecule has 3 heteroatoms. The van der Waals surface area contributed by atoms with Crippen LogP contribution in [0.2, 0.25) is 0 Å². The summed E-state index contributed by atoms with van der Waals surface area (Å²) in [6, 6.07) is 0. The zero-order valence-corrected chi connectivity index (χ0v) is 7.95. The predicted octanol–water partition coefficient (Wildman–Crippen LogP) is 1.45. The highest BCUT2D eigenvalue weighted by Gasteiger charge is 2.19. The average Bonchev–Trinajstić information content (AvgIpc) is 2.19. The van der Waals surface area contributed by atoms with Crippen LogP contribution in [0.15, 0.2) is 23.5 Å². The normalized spacial score (nSPS) is 21.8. The molecule has 1 unspecified atom stereocenters. The number of carbonyl (C=O) groups is 1. The van der Waals surface area contributed by atoms with E-state index in [1.165, 1.54) is 0 Å². The molecule has 3 nitrogen and oxygen atoms in total. The molecule has 0 amide bonds. The van der Waals surface area contributed by atoms with Crippen LogP contribution in [0.25, 0.3) is 0 Å². The van der Waals surface area contributed by atoms with Gasteiger partial charge < -0.3 is 9.47 Å². The van der Waals surface area contributed by atoms with Crippen molar-refractivity contribution in [1.82, 2.24) is 0 Å². The Morgan fingerprint density at radius 1 is 1.62 bits per heavy atom. The molecule has 0 fully saturated rings. The van der Waals surface area contributed by atoms with Gasteiger partial charge in [-0.05, 0) is 18.6 Å². The van der Waals surface area contributed by atoms with Crippen LogP contribution in [-0.4, -0.2) is 26.1 Å². The van der Waals surface area contributed by atoms with Crippen LogP contribution >= 0.6 is 0 Å². The van der Waals surface area contributed by atoms with Crippen molar-refractivity contribution in [3.05, 3.63) is 23.5 Å². The zero-order chi connectivity index (χ0) is 9.68. The number of ether oxygens (including phenoxy) is 2. The fourth-order valence-corrected chi connectivity index (χ4v) is 1.27. The van der Waals surface area contributed by atoms with E-state index >= 15 is 0 Å². The lowest BCUT2D eigenvalue weighted by Gasteiger charge is -2.21. The molecule has 72 valence electrons. The largest absolute Gasteiger partial charge is 0.495 e. The van der Waals surface area contributed by atoms with E-state index in [-0.39, 0.29) is 6.10 Å². The van der Waals surface area contributed by atoms with E-state index in [9.17, 15) is 4.79 Å². The van der Waals surface area contributed by atoms with Gasteiger partial charge in [0.25, 0.3) is 0 Å². The SMILES string of the molecule is CCOC1=CC=C(C=O)CC1OC. The minimum absolute atomic E-state index is 0.106. The quantitative estimate of drug-likeness (QED) is 0.617. The van der Waals surface area contributed by atoms with Crippen LogP contribution in [0, 0.1) is 0 Å². The maximum atomic E-state index is 10.5. The summed E-state index contributed by atoms with van der Waals surface area (Å²) in [6.07, 6.45) is 4.92. The molecule has 0 spiro atoms. The molecule has 0 bridgehead atoms. The number of aldehydes is 1. The van der Waals surface area contributed by atoms with E-state index in [4.69, 9.17) is 9.47 Å². The fraction of sp³-hybridized carbons (Fsp3) is 0.500. The molecule has 13 heavy (non-hydrogen) atoms. The minimum Gasteiger partial charge on any atom is -0.495 e. The van der Waals surface area contributed by atoms with Gasteiger partial charge in [0.1, 0.15) is 18.1 Å². The number of hydrogen-bond donors (Lipinski definition) is 0. The van der Waals surface area contributed by atoms with Gasteiger partial charge in [-0.25, -0.2) is 0 Å². The Balaban J connectivity index is 2.72. The topological polar surface area (TPSA) is 35.5 Å². The fourth-order valence-electron chi connectivity index (χ4n) is 1.27. The summed E-state index contributed by atoms with van der Waals surface area (Å²) in [6.45, 7) is 2.54. The van der Waals surface area contributed by atoms with E-state index in [0.29, 0.717) is 13.0 Å². The monoisotopic (exact) mass is 182 g/mol. The van der Waals surface area contributed by atoms with Crippen molar-refractivity contribution < 1.29 is 14.3 Å². The highest BCUT2D eigenvalue weighted by molar-refractivity contribution is 5.74. The molecule has 1 aliphatic carbocycles. The van der Waals surface area contributed by atoms with Gasteiger partial charge in [-0.3, -0.25) is 4.79 Å². The van der Waals surface area contributed by atoms with Gasteiger partial charge in [0.2, 0.25) is 0 Å². The van der Waals surface area contributed by atoms with Crippen molar-refractivity contribution in [1.29, 1.82) is 0 Å². The van der Waals surface area contributed by atoms with E-state index in [0.717, 1.165) is 17.6 Å². The number of hydrogen-bond acceptors (Lipinski definition) is 3. The van der Waals surface area contributed by atoms with Crippen molar-refractivity contribution in [3.63, 3.8) is 0 Å². The Bertz CT molecular complexity index is 241. The first-order valence-corrected chi connectivity index (χ1v) is 4.33. The van der Waals surface area contributed by atoms with Crippen molar-refractivity contribution >= 4 is 6.29 Å².